The fourth-order valence-corrected chi connectivity index (χ4v) is 3.23. The van der Waals surface area contributed by atoms with Crippen molar-refractivity contribution in [2.24, 2.45) is 0 Å². The van der Waals surface area contributed by atoms with Gasteiger partial charge in [0, 0.05) is 42.1 Å². The third kappa shape index (κ3) is 3.87. The maximum Gasteiger partial charge on any atom is 0.219 e. The second kappa shape index (κ2) is 6.79. The Morgan fingerprint density at radius 3 is 2.55 bits per heavy atom. The van der Waals surface area contributed by atoms with Crippen LogP contribution in [0.4, 0.5) is 0 Å². The Kier molecular flexibility index (Phi) is 5.30. The largest absolute Gasteiger partial charge is 0.343 e. The molecule has 1 fully saturated rings. The van der Waals surface area contributed by atoms with Crippen molar-refractivity contribution in [2.75, 3.05) is 13.1 Å². The van der Waals surface area contributed by atoms with Gasteiger partial charge in [0.25, 0.3) is 0 Å². The Hall–Kier alpha value is -0.770. The summed E-state index contributed by atoms with van der Waals surface area (Å²) in [5.41, 5.74) is 1.06. The lowest BCUT2D eigenvalue weighted by molar-refractivity contribution is -0.129. The minimum Gasteiger partial charge on any atom is -0.343 e. The SMILES string of the molecule is CC(=O)N1CCC(NC(C)c2ccc(Cl)cc2Cl)CC1. The van der Waals surface area contributed by atoms with Crippen LogP contribution in [0.5, 0.6) is 0 Å². The lowest BCUT2D eigenvalue weighted by Crippen LogP contribution is -2.44. The van der Waals surface area contributed by atoms with Crippen molar-refractivity contribution in [1.29, 1.82) is 0 Å². The number of carbonyl (C=O) groups excluding carboxylic acids is 1. The predicted octanol–water partition coefficient (Wildman–Crippen LogP) is 3.65. The molecule has 0 bridgehead atoms. The molecule has 0 saturated carbocycles. The van der Waals surface area contributed by atoms with E-state index in [1.54, 1.807) is 13.0 Å². The van der Waals surface area contributed by atoms with Crippen LogP contribution >= 0.6 is 23.2 Å². The van der Waals surface area contributed by atoms with Gasteiger partial charge in [0.1, 0.15) is 0 Å². The molecule has 0 radical (unpaired) electrons. The number of amides is 1. The van der Waals surface area contributed by atoms with E-state index in [0.29, 0.717) is 16.1 Å². The standard InChI is InChI=1S/C15H20Cl2N2O/c1-10(14-4-3-12(16)9-15(14)17)18-13-5-7-19(8-6-13)11(2)20/h3-4,9-10,13,18H,5-8H2,1-2H3. The van der Waals surface area contributed by atoms with Crippen LogP contribution in [0.2, 0.25) is 10.0 Å². The van der Waals surface area contributed by atoms with Gasteiger partial charge in [-0.1, -0.05) is 29.3 Å². The number of nitrogens with zero attached hydrogens (tertiary/aromatic N) is 1. The smallest absolute Gasteiger partial charge is 0.219 e. The number of rotatable bonds is 3. The van der Waals surface area contributed by atoms with Crippen LogP contribution < -0.4 is 5.32 Å². The number of nitrogens with one attached hydrogen (secondary N) is 1. The minimum atomic E-state index is 0.164. The van der Waals surface area contributed by atoms with E-state index in [1.807, 2.05) is 17.0 Å². The van der Waals surface area contributed by atoms with Crippen LogP contribution in [-0.4, -0.2) is 29.9 Å². The van der Waals surface area contributed by atoms with Gasteiger partial charge in [-0.3, -0.25) is 4.79 Å². The highest BCUT2D eigenvalue weighted by atomic mass is 35.5. The molecule has 1 atom stereocenters. The average Bonchev–Trinajstić information content (AvgIpc) is 2.39. The Morgan fingerprint density at radius 2 is 2.00 bits per heavy atom. The summed E-state index contributed by atoms with van der Waals surface area (Å²) in [5, 5.41) is 4.94. The Labute approximate surface area is 130 Å². The second-order valence-electron chi connectivity index (χ2n) is 5.33. The van der Waals surface area contributed by atoms with E-state index in [4.69, 9.17) is 23.2 Å². The molecular formula is C15H20Cl2N2O. The molecule has 1 heterocycles. The van der Waals surface area contributed by atoms with E-state index in [9.17, 15) is 4.79 Å². The Balaban J connectivity index is 1.92. The predicted molar refractivity (Wildman–Crippen MR) is 83.3 cm³/mol. The lowest BCUT2D eigenvalue weighted by Gasteiger charge is -2.33. The van der Waals surface area contributed by atoms with Gasteiger partial charge in [-0.25, -0.2) is 0 Å². The summed E-state index contributed by atoms with van der Waals surface area (Å²) in [6.45, 7) is 5.39. The third-order valence-corrected chi connectivity index (χ3v) is 4.42. The van der Waals surface area contributed by atoms with Crippen molar-refractivity contribution >= 4 is 29.1 Å². The number of likely N-dealkylation sites (tertiary alicyclic amines) is 1. The zero-order chi connectivity index (χ0) is 14.7. The topological polar surface area (TPSA) is 32.3 Å². The van der Waals surface area contributed by atoms with Crippen molar-refractivity contribution in [1.82, 2.24) is 10.2 Å². The number of benzene rings is 1. The maximum atomic E-state index is 11.3. The van der Waals surface area contributed by atoms with E-state index in [2.05, 4.69) is 12.2 Å². The molecule has 1 amide bonds. The van der Waals surface area contributed by atoms with Crippen molar-refractivity contribution in [3.63, 3.8) is 0 Å². The highest BCUT2D eigenvalue weighted by Gasteiger charge is 2.22. The number of piperidine rings is 1. The molecule has 1 unspecified atom stereocenters. The highest BCUT2D eigenvalue weighted by Crippen LogP contribution is 2.27. The van der Waals surface area contributed by atoms with Crippen LogP contribution in [0.15, 0.2) is 18.2 Å². The molecule has 5 heteroatoms. The van der Waals surface area contributed by atoms with Gasteiger partial charge in [0.15, 0.2) is 0 Å². The van der Waals surface area contributed by atoms with Crippen LogP contribution in [0.1, 0.15) is 38.3 Å². The van der Waals surface area contributed by atoms with Gasteiger partial charge < -0.3 is 10.2 Å². The summed E-state index contributed by atoms with van der Waals surface area (Å²) in [5.74, 6) is 0.164. The molecule has 2 rings (SSSR count). The number of carbonyl (C=O) groups is 1. The summed E-state index contributed by atoms with van der Waals surface area (Å²) in [6.07, 6.45) is 1.96. The summed E-state index contributed by atoms with van der Waals surface area (Å²) in [6, 6.07) is 6.20. The monoisotopic (exact) mass is 314 g/mol. The van der Waals surface area contributed by atoms with E-state index in [-0.39, 0.29) is 11.9 Å². The lowest BCUT2D eigenvalue weighted by atomic mass is 10.0. The Morgan fingerprint density at radius 1 is 1.35 bits per heavy atom. The summed E-state index contributed by atoms with van der Waals surface area (Å²) < 4.78 is 0. The van der Waals surface area contributed by atoms with Crippen LogP contribution in [0.3, 0.4) is 0 Å². The van der Waals surface area contributed by atoms with Crippen molar-refractivity contribution < 1.29 is 4.79 Å². The van der Waals surface area contributed by atoms with E-state index < -0.39 is 0 Å². The Bertz CT molecular complexity index is 485. The zero-order valence-electron chi connectivity index (χ0n) is 11.8. The molecule has 0 aromatic heterocycles. The molecule has 20 heavy (non-hydrogen) atoms. The first kappa shape index (κ1) is 15.6. The molecule has 110 valence electrons. The van der Waals surface area contributed by atoms with Gasteiger partial charge in [-0.05, 0) is 37.5 Å². The van der Waals surface area contributed by atoms with Crippen molar-refractivity contribution in [3.05, 3.63) is 33.8 Å². The molecule has 1 aromatic rings. The van der Waals surface area contributed by atoms with Crippen molar-refractivity contribution in [2.45, 2.75) is 38.8 Å². The van der Waals surface area contributed by atoms with Gasteiger partial charge in [-0.15, -0.1) is 0 Å². The van der Waals surface area contributed by atoms with E-state index in [0.717, 1.165) is 31.5 Å². The van der Waals surface area contributed by atoms with Gasteiger partial charge in [0.2, 0.25) is 5.91 Å². The van der Waals surface area contributed by atoms with Gasteiger partial charge in [0.05, 0.1) is 0 Å². The summed E-state index contributed by atoms with van der Waals surface area (Å²) in [7, 11) is 0. The number of hydrogen-bond donors (Lipinski definition) is 1. The summed E-state index contributed by atoms with van der Waals surface area (Å²) >= 11 is 12.1. The maximum absolute atomic E-state index is 11.3. The van der Waals surface area contributed by atoms with Gasteiger partial charge >= 0.3 is 0 Å². The molecule has 1 aliphatic rings. The minimum absolute atomic E-state index is 0.164. The quantitative estimate of drug-likeness (QED) is 0.923. The fraction of sp³-hybridized carbons (Fsp3) is 0.533. The van der Waals surface area contributed by atoms with E-state index in [1.165, 1.54) is 0 Å². The van der Waals surface area contributed by atoms with Crippen LogP contribution in [-0.2, 0) is 4.79 Å². The third-order valence-electron chi connectivity index (χ3n) is 3.85. The van der Waals surface area contributed by atoms with Crippen LogP contribution in [0, 0.1) is 0 Å². The normalized spacial score (nSPS) is 18.1. The number of hydrogen-bond acceptors (Lipinski definition) is 2. The van der Waals surface area contributed by atoms with Gasteiger partial charge in [-0.2, -0.15) is 0 Å². The zero-order valence-corrected chi connectivity index (χ0v) is 13.3. The molecule has 0 spiro atoms. The van der Waals surface area contributed by atoms with Crippen molar-refractivity contribution in [3.8, 4) is 0 Å². The number of halogens is 2. The molecule has 3 nitrogen and oxygen atoms in total. The molecule has 1 aliphatic heterocycles. The molecule has 1 saturated heterocycles. The first-order valence-corrected chi connectivity index (χ1v) is 7.69. The molecule has 0 aliphatic carbocycles. The first-order chi connectivity index (χ1) is 9.47. The highest BCUT2D eigenvalue weighted by molar-refractivity contribution is 6.35. The first-order valence-electron chi connectivity index (χ1n) is 6.94. The summed E-state index contributed by atoms with van der Waals surface area (Å²) in [4.78, 5) is 13.2. The van der Waals surface area contributed by atoms with Crippen LogP contribution in [0.25, 0.3) is 0 Å². The van der Waals surface area contributed by atoms with E-state index >= 15 is 0 Å². The molecular weight excluding hydrogens is 295 g/mol. The second-order valence-corrected chi connectivity index (χ2v) is 6.18. The fourth-order valence-electron chi connectivity index (χ4n) is 2.66. The molecule has 1 N–H and O–H groups in total. The molecule has 1 aromatic carbocycles. The average molecular weight is 315 g/mol.